The number of carbonyl (C=O) groups is 1. The Kier molecular flexibility index (Phi) is 5.19. The third-order valence-electron chi connectivity index (χ3n) is 3.71. The van der Waals surface area contributed by atoms with Crippen LogP contribution in [-0.4, -0.2) is 15.8 Å². The molecule has 0 spiro atoms. The third-order valence-corrected chi connectivity index (χ3v) is 3.71. The fourth-order valence-corrected chi connectivity index (χ4v) is 2.45. The van der Waals surface area contributed by atoms with Crippen molar-refractivity contribution >= 4 is 23.0 Å². The molecule has 1 aromatic heterocycles. The molecular weight excluding hydrogens is 332 g/mol. The first-order chi connectivity index (χ1) is 12.6. The van der Waals surface area contributed by atoms with Gasteiger partial charge >= 0.3 is 0 Å². The number of nitro benzene ring substituents is 1. The minimum Gasteiger partial charge on any atom is -0.375 e. The first kappa shape index (κ1) is 17.1. The summed E-state index contributed by atoms with van der Waals surface area (Å²) < 4.78 is 0. The second kappa shape index (κ2) is 7.89. The number of para-hydroxylation sites is 2. The lowest BCUT2D eigenvalue weighted by atomic mass is 10.1. The maximum Gasteiger partial charge on any atom is 0.292 e. The number of amides is 1. The number of carbonyl (C=O) groups excluding carboxylic acids is 1. The highest BCUT2D eigenvalue weighted by molar-refractivity contribution is 6.04. The lowest BCUT2D eigenvalue weighted by Crippen LogP contribution is -2.12. The van der Waals surface area contributed by atoms with E-state index in [4.69, 9.17) is 0 Å². The average molecular weight is 348 g/mol. The Bertz CT molecular complexity index is 929. The van der Waals surface area contributed by atoms with E-state index in [1.165, 1.54) is 6.07 Å². The standard InChI is InChI=1S/C19H16N4O3/c24-19(15-8-10-20-11-9-15)22-16-5-3-4-14(12-16)13-21-17-6-1-2-7-18(17)23(25)26/h1-12,21H,13H2,(H,22,24). The Morgan fingerprint density at radius 3 is 2.58 bits per heavy atom. The number of nitrogens with one attached hydrogen (secondary N) is 2. The summed E-state index contributed by atoms with van der Waals surface area (Å²) in [5, 5.41) is 16.9. The first-order valence-electron chi connectivity index (χ1n) is 7.91. The molecule has 0 atom stereocenters. The molecule has 0 saturated carbocycles. The summed E-state index contributed by atoms with van der Waals surface area (Å²) in [5.74, 6) is -0.226. The van der Waals surface area contributed by atoms with Crippen LogP contribution < -0.4 is 10.6 Å². The Morgan fingerprint density at radius 2 is 1.81 bits per heavy atom. The van der Waals surface area contributed by atoms with Crippen LogP contribution in [0.3, 0.4) is 0 Å². The molecule has 1 amide bonds. The highest BCUT2D eigenvalue weighted by Gasteiger charge is 2.12. The van der Waals surface area contributed by atoms with Crippen molar-refractivity contribution in [2.75, 3.05) is 10.6 Å². The topological polar surface area (TPSA) is 97.2 Å². The number of nitro groups is 1. The van der Waals surface area contributed by atoms with E-state index >= 15 is 0 Å². The van der Waals surface area contributed by atoms with Gasteiger partial charge in [-0.25, -0.2) is 0 Å². The van der Waals surface area contributed by atoms with Crippen molar-refractivity contribution in [1.82, 2.24) is 4.98 Å². The van der Waals surface area contributed by atoms with Gasteiger partial charge in [0.15, 0.2) is 0 Å². The van der Waals surface area contributed by atoms with Crippen molar-refractivity contribution in [3.8, 4) is 0 Å². The van der Waals surface area contributed by atoms with E-state index < -0.39 is 4.92 Å². The second-order valence-electron chi connectivity index (χ2n) is 5.52. The smallest absolute Gasteiger partial charge is 0.292 e. The van der Waals surface area contributed by atoms with E-state index in [1.807, 2.05) is 18.2 Å². The summed E-state index contributed by atoms with van der Waals surface area (Å²) in [4.78, 5) is 26.7. The van der Waals surface area contributed by atoms with Crippen LogP contribution in [0.15, 0.2) is 73.1 Å². The van der Waals surface area contributed by atoms with Crippen LogP contribution in [0.5, 0.6) is 0 Å². The largest absolute Gasteiger partial charge is 0.375 e. The molecule has 3 aromatic rings. The number of hydrogen-bond donors (Lipinski definition) is 2. The van der Waals surface area contributed by atoms with Gasteiger partial charge in [0.25, 0.3) is 11.6 Å². The predicted molar refractivity (Wildman–Crippen MR) is 99.1 cm³/mol. The number of nitrogens with zero attached hydrogens (tertiary/aromatic N) is 2. The monoisotopic (exact) mass is 348 g/mol. The van der Waals surface area contributed by atoms with Crippen LogP contribution >= 0.6 is 0 Å². The lowest BCUT2D eigenvalue weighted by Gasteiger charge is -2.10. The third kappa shape index (κ3) is 4.21. The predicted octanol–water partition coefficient (Wildman–Crippen LogP) is 3.85. The van der Waals surface area contributed by atoms with E-state index in [-0.39, 0.29) is 11.6 Å². The Morgan fingerprint density at radius 1 is 1.04 bits per heavy atom. The molecule has 0 saturated heterocycles. The van der Waals surface area contributed by atoms with Gasteiger partial charge in [0.2, 0.25) is 0 Å². The van der Waals surface area contributed by atoms with E-state index in [9.17, 15) is 14.9 Å². The van der Waals surface area contributed by atoms with E-state index in [0.29, 0.717) is 23.5 Å². The number of rotatable bonds is 6. The molecule has 2 aromatic carbocycles. The van der Waals surface area contributed by atoms with Gasteiger partial charge in [-0.05, 0) is 35.9 Å². The van der Waals surface area contributed by atoms with Gasteiger partial charge in [-0.1, -0.05) is 24.3 Å². The highest BCUT2D eigenvalue weighted by atomic mass is 16.6. The van der Waals surface area contributed by atoms with Crippen molar-refractivity contribution in [3.05, 3.63) is 94.3 Å². The van der Waals surface area contributed by atoms with Gasteiger partial charge in [-0.15, -0.1) is 0 Å². The van der Waals surface area contributed by atoms with Crippen LogP contribution in [-0.2, 0) is 6.54 Å². The molecule has 0 aliphatic heterocycles. The van der Waals surface area contributed by atoms with Crippen LogP contribution in [0, 0.1) is 10.1 Å². The normalized spacial score (nSPS) is 10.2. The van der Waals surface area contributed by atoms with Gasteiger partial charge in [-0.2, -0.15) is 0 Å². The van der Waals surface area contributed by atoms with Gasteiger partial charge in [-0.3, -0.25) is 19.9 Å². The summed E-state index contributed by atoms with van der Waals surface area (Å²) in [6.45, 7) is 0.393. The number of hydrogen-bond acceptors (Lipinski definition) is 5. The minimum absolute atomic E-state index is 0.0228. The van der Waals surface area contributed by atoms with E-state index in [0.717, 1.165) is 5.56 Å². The number of pyridine rings is 1. The summed E-state index contributed by atoms with van der Waals surface area (Å²) >= 11 is 0. The molecule has 0 unspecified atom stereocenters. The molecule has 26 heavy (non-hydrogen) atoms. The van der Waals surface area contributed by atoms with Crippen molar-refractivity contribution in [1.29, 1.82) is 0 Å². The average Bonchev–Trinajstić information content (AvgIpc) is 2.67. The lowest BCUT2D eigenvalue weighted by molar-refractivity contribution is -0.384. The fourth-order valence-electron chi connectivity index (χ4n) is 2.45. The number of benzene rings is 2. The van der Waals surface area contributed by atoms with E-state index in [1.54, 1.807) is 48.8 Å². The maximum absolute atomic E-state index is 12.2. The zero-order valence-electron chi connectivity index (χ0n) is 13.8. The van der Waals surface area contributed by atoms with Crippen molar-refractivity contribution in [2.45, 2.75) is 6.54 Å². The fraction of sp³-hybridized carbons (Fsp3) is 0.0526. The first-order valence-corrected chi connectivity index (χ1v) is 7.91. The summed E-state index contributed by atoms with van der Waals surface area (Å²) in [6, 6.07) is 17.0. The molecule has 0 bridgehead atoms. The molecular formula is C19H16N4O3. The zero-order chi connectivity index (χ0) is 18.4. The van der Waals surface area contributed by atoms with Gasteiger partial charge < -0.3 is 10.6 Å². The van der Waals surface area contributed by atoms with E-state index in [2.05, 4.69) is 15.6 Å². The summed E-state index contributed by atoms with van der Waals surface area (Å²) in [5.41, 5.74) is 2.52. The Labute approximate surface area is 149 Å². The van der Waals surface area contributed by atoms with Crippen LogP contribution in [0.1, 0.15) is 15.9 Å². The van der Waals surface area contributed by atoms with Crippen LogP contribution in [0.4, 0.5) is 17.1 Å². The number of anilines is 2. The Hall–Kier alpha value is -3.74. The molecule has 0 fully saturated rings. The molecule has 7 heteroatoms. The number of aromatic nitrogens is 1. The van der Waals surface area contributed by atoms with Crippen LogP contribution in [0.2, 0.25) is 0 Å². The minimum atomic E-state index is -0.423. The van der Waals surface area contributed by atoms with Gasteiger partial charge in [0.05, 0.1) is 4.92 Å². The van der Waals surface area contributed by atoms with Gasteiger partial charge in [0, 0.05) is 36.3 Å². The van der Waals surface area contributed by atoms with Gasteiger partial charge in [0.1, 0.15) is 5.69 Å². The zero-order valence-corrected chi connectivity index (χ0v) is 13.8. The molecule has 7 nitrogen and oxygen atoms in total. The second-order valence-corrected chi connectivity index (χ2v) is 5.52. The quantitative estimate of drug-likeness (QED) is 0.521. The molecule has 3 rings (SSSR count). The molecule has 0 aliphatic carbocycles. The summed E-state index contributed by atoms with van der Waals surface area (Å²) in [6.07, 6.45) is 3.12. The highest BCUT2D eigenvalue weighted by Crippen LogP contribution is 2.24. The maximum atomic E-state index is 12.2. The molecule has 1 heterocycles. The van der Waals surface area contributed by atoms with Crippen molar-refractivity contribution in [2.24, 2.45) is 0 Å². The summed E-state index contributed by atoms with van der Waals surface area (Å²) in [7, 11) is 0. The van der Waals surface area contributed by atoms with Crippen LogP contribution in [0.25, 0.3) is 0 Å². The Balaban J connectivity index is 1.68. The molecule has 0 aliphatic rings. The SMILES string of the molecule is O=C(Nc1cccc(CNc2ccccc2[N+](=O)[O-])c1)c1ccncc1. The molecule has 130 valence electrons. The van der Waals surface area contributed by atoms with Crippen molar-refractivity contribution in [3.63, 3.8) is 0 Å². The van der Waals surface area contributed by atoms with Crippen molar-refractivity contribution < 1.29 is 9.72 Å². The molecule has 0 radical (unpaired) electrons. The molecule has 2 N–H and O–H groups in total.